The molecule has 0 aliphatic rings. The van der Waals surface area contributed by atoms with Gasteiger partial charge in [-0.1, -0.05) is 0 Å². The SMILES string of the molecule is O=C(NOCCOCCONC(=O)c1ccc(Cl)o1)c1ccc(Cl)o1. The Labute approximate surface area is 152 Å². The number of furan rings is 2. The van der Waals surface area contributed by atoms with E-state index < -0.39 is 11.8 Å². The fourth-order valence-corrected chi connectivity index (χ4v) is 1.80. The molecule has 0 unspecified atom stereocenters. The van der Waals surface area contributed by atoms with Gasteiger partial charge in [0.05, 0.1) is 26.4 Å². The maximum absolute atomic E-state index is 11.5. The summed E-state index contributed by atoms with van der Waals surface area (Å²) in [6.07, 6.45) is 0. The molecule has 2 rings (SSSR count). The van der Waals surface area contributed by atoms with E-state index in [0.717, 1.165) is 0 Å². The maximum Gasteiger partial charge on any atom is 0.310 e. The van der Waals surface area contributed by atoms with Crippen molar-refractivity contribution in [3.05, 3.63) is 46.2 Å². The van der Waals surface area contributed by atoms with Gasteiger partial charge in [-0.05, 0) is 47.5 Å². The molecule has 0 spiro atoms. The highest BCUT2D eigenvalue weighted by atomic mass is 35.5. The van der Waals surface area contributed by atoms with Gasteiger partial charge in [0.1, 0.15) is 0 Å². The number of carbonyl (C=O) groups is 2. The molecule has 0 saturated heterocycles. The maximum atomic E-state index is 11.5. The van der Waals surface area contributed by atoms with Gasteiger partial charge in [0, 0.05) is 0 Å². The van der Waals surface area contributed by atoms with E-state index >= 15 is 0 Å². The Morgan fingerprint density at radius 2 is 1.24 bits per heavy atom. The first-order chi connectivity index (χ1) is 12.1. The standard InChI is InChI=1S/C14H14Cl2N2O7/c15-11-3-1-9(24-11)13(19)17-22-7-5-21-6-8-23-18-14(20)10-2-4-12(16)25-10/h1-4H,5-8H2,(H,17,19)(H,18,20). The van der Waals surface area contributed by atoms with Crippen LogP contribution in [0.2, 0.25) is 10.4 Å². The summed E-state index contributed by atoms with van der Waals surface area (Å²) in [5.41, 5.74) is 4.34. The summed E-state index contributed by atoms with van der Waals surface area (Å²) in [5, 5.41) is 0.214. The number of hydrogen-bond acceptors (Lipinski definition) is 7. The first-order valence-corrected chi connectivity index (χ1v) is 7.74. The van der Waals surface area contributed by atoms with Crippen molar-refractivity contribution in [1.29, 1.82) is 0 Å². The van der Waals surface area contributed by atoms with E-state index in [1.54, 1.807) is 0 Å². The minimum atomic E-state index is -0.559. The lowest BCUT2D eigenvalue weighted by molar-refractivity contribution is -0.0280. The molecule has 136 valence electrons. The molecule has 0 aliphatic carbocycles. The van der Waals surface area contributed by atoms with Gasteiger partial charge in [-0.2, -0.15) is 0 Å². The van der Waals surface area contributed by atoms with Crippen molar-refractivity contribution in [1.82, 2.24) is 11.0 Å². The van der Waals surface area contributed by atoms with Crippen molar-refractivity contribution >= 4 is 35.0 Å². The van der Waals surface area contributed by atoms with Gasteiger partial charge in [0.25, 0.3) is 0 Å². The van der Waals surface area contributed by atoms with Crippen molar-refractivity contribution in [3.8, 4) is 0 Å². The van der Waals surface area contributed by atoms with Crippen LogP contribution in [0.15, 0.2) is 33.1 Å². The number of ether oxygens (including phenoxy) is 1. The average molecular weight is 393 g/mol. The Morgan fingerprint density at radius 1 is 0.800 bits per heavy atom. The monoisotopic (exact) mass is 392 g/mol. The van der Waals surface area contributed by atoms with Crippen molar-refractivity contribution < 1.29 is 32.8 Å². The summed E-state index contributed by atoms with van der Waals surface area (Å²) < 4.78 is 15.0. The molecule has 0 bridgehead atoms. The van der Waals surface area contributed by atoms with Crippen LogP contribution in [0.1, 0.15) is 21.1 Å². The summed E-state index contributed by atoms with van der Waals surface area (Å²) in [5.74, 6) is -1.05. The van der Waals surface area contributed by atoms with E-state index in [-0.39, 0.29) is 48.4 Å². The molecule has 2 aromatic rings. The molecule has 25 heavy (non-hydrogen) atoms. The molecule has 0 radical (unpaired) electrons. The molecule has 11 heteroatoms. The zero-order chi connectivity index (χ0) is 18.1. The van der Waals surface area contributed by atoms with Crippen LogP contribution in [0.3, 0.4) is 0 Å². The van der Waals surface area contributed by atoms with E-state index in [1.807, 2.05) is 0 Å². The molecule has 2 N–H and O–H groups in total. The van der Waals surface area contributed by atoms with Gasteiger partial charge in [0.15, 0.2) is 22.0 Å². The van der Waals surface area contributed by atoms with Crippen LogP contribution in [-0.4, -0.2) is 38.2 Å². The summed E-state index contributed by atoms with van der Waals surface area (Å²) in [6, 6.07) is 5.72. The summed E-state index contributed by atoms with van der Waals surface area (Å²) >= 11 is 11.1. The summed E-state index contributed by atoms with van der Waals surface area (Å²) in [7, 11) is 0. The van der Waals surface area contributed by atoms with E-state index in [9.17, 15) is 9.59 Å². The minimum Gasteiger partial charge on any atom is -0.439 e. The molecule has 0 saturated carbocycles. The lowest BCUT2D eigenvalue weighted by Crippen LogP contribution is -2.26. The molecule has 2 heterocycles. The number of halogens is 2. The Hall–Kier alpha value is -2.04. The lowest BCUT2D eigenvalue weighted by atomic mass is 10.4. The van der Waals surface area contributed by atoms with Crippen LogP contribution in [0.4, 0.5) is 0 Å². The summed E-state index contributed by atoms with van der Waals surface area (Å²) in [4.78, 5) is 32.8. The zero-order valence-electron chi connectivity index (χ0n) is 12.8. The number of nitrogens with one attached hydrogen (secondary N) is 2. The second-order valence-corrected chi connectivity index (χ2v) is 5.12. The zero-order valence-corrected chi connectivity index (χ0v) is 14.3. The van der Waals surface area contributed by atoms with Crippen LogP contribution in [0.25, 0.3) is 0 Å². The first-order valence-electron chi connectivity index (χ1n) is 6.99. The Bertz CT molecular complexity index is 643. The predicted molar refractivity (Wildman–Crippen MR) is 85.1 cm³/mol. The van der Waals surface area contributed by atoms with Crippen LogP contribution in [0, 0.1) is 0 Å². The molecular formula is C14H14Cl2N2O7. The molecule has 2 aromatic heterocycles. The number of rotatable bonds is 10. The van der Waals surface area contributed by atoms with Gasteiger partial charge < -0.3 is 13.6 Å². The molecule has 0 aliphatic heterocycles. The highest BCUT2D eigenvalue weighted by Crippen LogP contribution is 2.13. The van der Waals surface area contributed by atoms with Gasteiger partial charge in [-0.3, -0.25) is 19.3 Å². The number of hydrogen-bond donors (Lipinski definition) is 2. The highest BCUT2D eigenvalue weighted by Gasteiger charge is 2.11. The van der Waals surface area contributed by atoms with Gasteiger partial charge in [-0.25, -0.2) is 11.0 Å². The lowest BCUT2D eigenvalue weighted by Gasteiger charge is -2.06. The van der Waals surface area contributed by atoms with Crippen LogP contribution < -0.4 is 11.0 Å². The fourth-order valence-electron chi connectivity index (χ4n) is 1.51. The smallest absolute Gasteiger partial charge is 0.310 e. The van der Waals surface area contributed by atoms with Crippen molar-refractivity contribution in [2.45, 2.75) is 0 Å². The summed E-state index contributed by atoms with van der Waals surface area (Å²) in [6.45, 7) is 0.615. The van der Waals surface area contributed by atoms with E-state index in [0.29, 0.717) is 0 Å². The number of hydroxylamine groups is 2. The molecule has 2 amide bonds. The van der Waals surface area contributed by atoms with Crippen LogP contribution in [0.5, 0.6) is 0 Å². The van der Waals surface area contributed by atoms with E-state index in [4.69, 9.17) is 46.4 Å². The van der Waals surface area contributed by atoms with E-state index in [2.05, 4.69) is 11.0 Å². The van der Waals surface area contributed by atoms with Gasteiger partial charge >= 0.3 is 11.8 Å². The second-order valence-electron chi connectivity index (χ2n) is 4.38. The third kappa shape index (κ3) is 6.77. The number of carbonyl (C=O) groups excluding carboxylic acids is 2. The molecule has 0 fully saturated rings. The second kappa shape index (κ2) is 10.1. The topological polar surface area (TPSA) is 112 Å². The Balaban J connectivity index is 1.44. The average Bonchev–Trinajstić information content (AvgIpc) is 3.21. The predicted octanol–water partition coefficient (Wildman–Crippen LogP) is 2.22. The molecule has 9 nitrogen and oxygen atoms in total. The highest BCUT2D eigenvalue weighted by molar-refractivity contribution is 6.29. The molecular weight excluding hydrogens is 379 g/mol. The van der Waals surface area contributed by atoms with Crippen molar-refractivity contribution in [2.75, 3.05) is 26.4 Å². The Kier molecular flexibility index (Phi) is 7.76. The normalized spacial score (nSPS) is 10.6. The van der Waals surface area contributed by atoms with Crippen LogP contribution in [-0.2, 0) is 14.4 Å². The third-order valence-electron chi connectivity index (χ3n) is 2.58. The first kappa shape index (κ1) is 19.3. The van der Waals surface area contributed by atoms with Gasteiger partial charge in [0.2, 0.25) is 0 Å². The fraction of sp³-hybridized carbons (Fsp3) is 0.286. The number of amides is 2. The molecule has 0 atom stereocenters. The van der Waals surface area contributed by atoms with E-state index in [1.165, 1.54) is 24.3 Å². The van der Waals surface area contributed by atoms with Crippen LogP contribution >= 0.6 is 23.2 Å². The quantitative estimate of drug-likeness (QED) is 0.470. The molecule has 0 aromatic carbocycles. The van der Waals surface area contributed by atoms with Crippen molar-refractivity contribution in [2.24, 2.45) is 0 Å². The third-order valence-corrected chi connectivity index (χ3v) is 2.99. The Morgan fingerprint density at radius 3 is 1.60 bits per heavy atom. The van der Waals surface area contributed by atoms with Gasteiger partial charge in [-0.15, -0.1) is 0 Å². The largest absolute Gasteiger partial charge is 0.439 e. The van der Waals surface area contributed by atoms with Crippen molar-refractivity contribution in [3.63, 3.8) is 0 Å². The minimum absolute atomic E-state index is 0.0351.